The van der Waals surface area contributed by atoms with E-state index in [0.29, 0.717) is 0 Å². The molecular weight excluding hydrogens is 270 g/mol. The van der Waals surface area contributed by atoms with Gasteiger partial charge in [-0.05, 0) is 44.2 Å². The summed E-state index contributed by atoms with van der Waals surface area (Å²) in [6, 6.07) is 18.5. The van der Waals surface area contributed by atoms with Crippen LogP contribution in [0.3, 0.4) is 0 Å². The smallest absolute Gasteiger partial charge is 0.140 e. The van der Waals surface area contributed by atoms with E-state index in [1.807, 2.05) is 32.0 Å². The number of fused-ring (bicyclic) bond motifs is 3. The fourth-order valence-corrected chi connectivity index (χ4v) is 2.57. The molecule has 0 bridgehead atoms. The maximum absolute atomic E-state index is 4.58. The zero-order valence-electron chi connectivity index (χ0n) is 13.1. The summed E-state index contributed by atoms with van der Waals surface area (Å²) in [6.07, 6.45) is 1.79. The minimum absolute atomic E-state index is 1.06. The lowest BCUT2D eigenvalue weighted by atomic mass is 10.2. The Morgan fingerprint density at radius 2 is 1.55 bits per heavy atom. The van der Waals surface area contributed by atoms with E-state index in [1.54, 1.807) is 6.20 Å². The number of pyridine rings is 2. The molecule has 1 aromatic carbocycles. The molecule has 0 aliphatic carbocycles. The van der Waals surface area contributed by atoms with Crippen molar-refractivity contribution in [3.63, 3.8) is 0 Å². The van der Waals surface area contributed by atoms with Crippen molar-refractivity contribution in [2.24, 2.45) is 7.05 Å². The normalized spacial score (nSPS) is 10.5. The third-order valence-electron chi connectivity index (χ3n) is 3.70. The third-order valence-corrected chi connectivity index (χ3v) is 3.70. The molecule has 3 heterocycles. The van der Waals surface area contributed by atoms with Crippen LogP contribution in [0.5, 0.6) is 0 Å². The first-order valence-corrected chi connectivity index (χ1v) is 7.35. The highest BCUT2D eigenvalue weighted by atomic mass is 15.0. The van der Waals surface area contributed by atoms with Gasteiger partial charge in [0.15, 0.2) is 0 Å². The summed E-state index contributed by atoms with van der Waals surface area (Å²) >= 11 is 0. The quantitative estimate of drug-likeness (QED) is 0.479. The van der Waals surface area contributed by atoms with Crippen LogP contribution in [0.2, 0.25) is 0 Å². The molecule has 3 heteroatoms. The number of benzene rings is 1. The highest BCUT2D eigenvalue weighted by Gasteiger charge is 2.07. The number of nitrogens with zero attached hydrogens (tertiary/aromatic N) is 3. The van der Waals surface area contributed by atoms with E-state index in [0.717, 1.165) is 17.0 Å². The Bertz CT molecular complexity index is 908. The van der Waals surface area contributed by atoms with Gasteiger partial charge >= 0.3 is 0 Å². The lowest BCUT2D eigenvalue weighted by Gasteiger charge is -1.96. The van der Waals surface area contributed by atoms with Crippen molar-refractivity contribution in [3.05, 3.63) is 72.2 Å². The van der Waals surface area contributed by atoms with Gasteiger partial charge in [-0.3, -0.25) is 4.98 Å². The second-order valence-corrected chi connectivity index (χ2v) is 5.37. The fraction of sp³-hybridized carbons (Fsp3) is 0.158. The second-order valence-electron chi connectivity index (χ2n) is 5.37. The zero-order valence-corrected chi connectivity index (χ0v) is 13.1. The predicted molar refractivity (Wildman–Crippen MR) is 91.9 cm³/mol. The van der Waals surface area contributed by atoms with Gasteiger partial charge in [0.1, 0.15) is 5.65 Å². The molecule has 110 valence electrons. The molecule has 0 saturated heterocycles. The van der Waals surface area contributed by atoms with E-state index < -0.39 is 0 Å². The molecule has 0 N–H and O–H groups in total. The average molecular weight is 289 g/mol. The minimum atomic E-state index is 1.06. The zero-order chi connectivity index (χ0) is 15.5. The monoisotopic (exact) mass is 289 g/mol. The molecule has 0 unspecified atom stereocenters. The predicted octanol–water partition coefficient (Wildman–Crippen LogP) is 4.42. The maximum Gasteiger partial charge on any atom is 0.140 e. The first-order valence-electron chi connectivity index (χ1n) is 7.35. The molecule has 4 aromatic rings. The van der Waals surface area contributed by atoms with Crippen LogP contribution >= 0.6 is 0 Å². The van der Waals surface area contributed by atoms with Crippen molar-refractivity contribution in [2.75, 3.05) is 0 Å². The van der Waals surface area contributed by atoms with Gasteiger partial charge in [-0.15, -0.1) is 0 Å². The Kier molecular flexibility index (Phi) is 3.88. The van der Waals surface area contributed by atoms with E-state index in [2.05, 4.69) is 58.0 Å². The summed E-state index contributed by atoms with van der Waals surface area (Å²) < 4.78 is 2.15. The van der Waals surface area contributed by atoms with E-state index in [4.69, 9.17) is 0 Å². The third kappa shape index (κ3) is 2.70. The largest absolute Gasteiger partial charge is 0.328 e. The van der Waals surface area contributed by atoms with Crippen molar-refractivity contribution < 1.29 is 0 Å². The molecule has 0 fully saturated rings. The number of rotatable bonds is 0. The Morgan fingerprint density at radius 1 is 0.773 bits per heavy atom. The Labute approximate surface area is 130 Å². The first-order chi connectivity index (χ1) is 10.7. The van der Waals surface area contributed by atoms with Gasteiger partial charge in [0.25, 0.3) is 0 Å². The van der Waals surface area contributed by atoms with Crippen LogP contribution in [0.15, 0.2) is 60.8 Å². The second kappa shape index (κ2) is 5.98. The highest BCUT2D eigenvalue weighted by Crippen LogP contribution is 2.26. The molecule has 3 nitrogen and oxygen atoms in total. The molecule has 0 aliphatic rings. The molecule has 22 heavy (non-hydrogen) atoms. The summed E-state index contributed by atoms with van der Waals surface area (Å²) in [5.74, 6) is 0. The lowest BCUT2D eigenvalue weighted by Crippen LogP contribution is -1.90. The van der Waals surface area contributed by atoms with Gasteiger partial charge in [-0.25, -0.2) is 4.98 Å². The fourth-order valence-electron chi connectivity index (χ4n) is 2.57. The molecule has 3 aromatic heterocycles. The van der Waals surface area contributed by atoms with Crippen LogP contribution in [-0.2, 0) is 7.05 Å². The summed E-state index contributed by atoms with van der Waals surface area (Å²) in [7, 11) is 2.07. The van der Waals surface area contributed by atoms with Crippen molar-refractivity contribution in [1.29, 1.82) is 0 Å². The molecule has 0 atom stereocenters. The number of para-hydroxylation sites is 1. The van der Waals surface area contributed by atoms with Crippen LogP contribution in [0, 0.1) is 13.8 Å². The van der Waals surface area contributed by atoms with Gasteiger partial charge in [0.05, 0.1) is 5.52 Å². The Morgan fingerprint density at radius 3 is 2.23 bits per heavy atom. The summed E-state index contributed by atoms with van der Waals surface area (Å²) in [5.41, 5.74) is 4.44. The average Bonchev–Trinajstić information content (AvgIpc) is 2.82. The lowest BCUT2D eigenvalue weighted by molar-refractivity contribution is 0.982. The molecule has 0 aliphatic heterocycles. The molecular formula is C19H19N3. The number of aromatic nitrogens is 3. The van der Waals surface area contributed by atoms with Crippen LogP contribution < -0.4 is 0 Å². The van der Waals surface area contributed by atoms with Crippen LogP contribution in [0.1, 0.15) is 11.4 Å². The molecule has 0 saturated carbocycles. The maximum atomic E-state index is 4.58. The summed E-state index contributed by atoms with van der Waals surface area (Å²) in [4.78, 5) is 8.55. The number of aryl methyl sites for hydroxylation is 3. The van der Waals surface area contributed by atoms with Crippen LogP contribution in [-0.4, -0.2) is 14.5 Å². The minimum Gasteiger partial charge on any atom is -0.328 e. The van der Waals surface area contributed by atoms with Gasteiger partial charge < -0.3 is 4.57 Å². The number of hydrogen-bond donors (Lipinski definition) is 0. The van der Waals surface area contributed by atoms with Gasteiger partial charge in [0, 0.05) is 35.4 Å². The summed E-state index contributed by atoms with van der Waals surface area (Å²) in [5, 5.41) is 2.52. The van der Waals surface area contributed by atoms with E-state index in [9.17, 15) is 0 Å². The van der Waals surface area contributed by atoms with Gasteiger partial charge in [-0.2, -0.15) is 0 Å². The first kappa shape index (κ1) is 14.3. The van der Waals surface area contributed by atoms with Crippen molar-refractivity contribution in [1.82, 2.24) is 14.5 Å². The molecule has 0 amide bonds. The van der Waals surface area contributed by atoms with Gasteiger partial charge in [0.2, 0.25) is 0 Å². The standard InChI is InChI=1S/C13H12N2.C6H7N/c1-9-7-8-11-10-5-3-4-6-12(10)15(2)13(11)14-9;1-6-4-2-3-5-7-6/h3-8H,1-2H3;2-5H,1H3. The van der Waals surface area contributed by atoms with Crippen molar-refractivity contribution in [3.8, 4) is 0 Å². The summed E-state index contributed by atoms with van der Waals surface area (Å²) in [6.45, 7) is 4.00. The Hall–Kier alpha value is -2.68. The van der Waals surface area contributed by atoms with Crippen LogP contribution in [0.4, 0.5) is 0 Å². The van der Waals surface area contributed by atoms with Crippen LogP contribution in [0.25, 0.3) is 21.9 Å². The molecule has 0 radical (unpaired) electrons. The van der Waals surface area contributed by atoms with E-state index in [1.165, 1.54) is 16.3 Å². The van der Waals surface area contributed by atoms with E-state index in [-0.39, 0.29) is 0 Å². The van der Waals surface area contributed by atoms with Crippen molar-refractivity contribution >= 4 is 21.9 Å². The van der Waals surface area contributed by atoms with E-state index >= 15 is 0 Å². The molecule has 0 spiro atoms. The topological polar surface area (TPSA) is 30.7 Å². The van der Waals surface area contributed by atoms with Gasteiger partial charge in [-0.1, -0.05) is 24.3 Å². The molecule has 4 rings (SSSR count). The van der Waals surface area contributed by atoms with Crippen molar-refractivity contribution in [2.45, 2.75) is 13.8 Å². The number of hydrogen-bond acceptors (Lipinski definition) is 2. The SMILES string of the molecule is Cc1ccc2c3ccccc3n(C)c2n1.Cc1ccccn1. The highest BCUT2D eigenvalue weighted by molar-refractivity contribution is 6.06. The Balaban J connectivity index is 0.000000174.